The second-order valence-corrected chi connectivity index (χ2v) is 4.22. The van der Waals surface area contributed by atoms with Gasteiger partial charge in [-0.3, -0.25) is 0 Å². The Morgan fingerprint density at radius 2 is 1.15 bits per heavy atom. The fraction of sp³-hybridized carbons (Fsp3) is 1.00. The van der Waals surface area contributed by atoms with E-state index >= 15 is 0 Å². The number of alkyl halides is 3. The van der Waals surface area contributed by atoms with Crippen molar-refractivity contribution >= 4 is 8.41 Å². The first-order valence-electron chi connectivity index (χ1n) is 3.73. The molecule has 0 aromatic rings. The minimum atomic E-state index is -4.32. The molecule has 0 bridgehead atoms. The van der Waals surface area contributed by atoms with Gasteiger partial charge in [-0.1, -0.05) is 0 Å². The van der Waals surface area contributed by atoms with Crippen LogP contribution in [0, 0.1) is 0 Å². The van der Waals surface area contributed by atoms with Crippen LogP contribution in [0.2, 0.25) is 0 Å². The number of ether oxygens (including phenoxy) is 1. The van der Waals surface area contributed by atoms with Crippen molar-refractivity contribution in [2.45, 2.75) is 52.0 Å². The predicted octanol–water partition coefficient (Wildman–Crippen LogP) is 2.76. The molecule has 3 radical (unpaired) electrons. The third kappa shape index (κ3) is 5.19. The monoisotopic (exact) mass is 195 g/mol. The third-order valence-corrected chi connectivity index (χ3v) is 1.24. The molecule has 0 atom stereocenters. The van der Waals surface area contributed by atoms with Crippen LogP contribution in [0.1, 0.15) is 34.6 Å². The van der Waals surface area contributed by atoms with Crippen molar-refractivity contribution in [3.8, 4) is 0 Å². The summed E-state index contributed by atoms with van der Waals surface area (Å²) < 4.78 is 41.6. The molecule has 0 aromatic heterocycles. The van der Waals surface area contributed by atoms with Crippen LogP contribution in [0.4, 0.5) is 13.2 Å². The molecule has 0 fully saturated rings. The highest BCUT2D eigenvalue weighted by atomic mass is 19.4. The molecule has 0 unspecified atom stereocenters. The van der Waals surface area contributed by atoms with E-state index in [9.17, 15) is 13.2 Å². The van der Waals surface area contributed by atoms with E-state index in [0.717, 1.165) is 13.8 Å². The van der Waals surface area contributed by atoms with Gasteiger partial charge in [-0.2, -0.15) is 13.2 Å². The Labute approximate surface area is 79.2 Å². The molecule has 77 valence electrons. The average molecular weight is 195 g/mol. The van der Waals surface area contributed by atoms with Gasteiger partial charge in [0.05, 0.1) is 5.60 Å². The summed E-state index contributed by atoms with van der Waals surface area (Å²) in [6.45, 7) is 6.85. The van der Waals surface area contributed by atoms with Crippen molar-refractivity contribution in [3.05, 3.63) is 0 Å². The van der Waals surface area contributed by atoms with Gasteiger partial charge in [-0.15, -0.1) is 0 Å². The second kappa shape index (κ2) is 3.90. The van der Waals surface area contributed by atoms with E-state index in [1.807, 2.05) is 0 Å². The highest BCUT2D eigenvalue weighted by molar-refractivity contribution is 5.75. The van der Waals surface area contributed by atoms with Crippen molar-refractivity contribution in [2.24, 2.45) is 0 Å². The van der Waals surface area contributed by atoms with Crippen LogP contribution in [-0.4, -0.2) is 25.8 Å². The normalized spacial score (nSPS) is 13.8. The van der Waals surface area contributed by atoms with Gasteiger partial charge in [0.15, 0.2) is 5.60 Å². The van der Waals surface area contributed by atoms with Gasteiger partial charge in [0.1, 0.15) is 0 Å². The van der Waals surface area contributed by atoms with Gasteiger partial charge in [0.25, 0.3) is 0 Å². The Morgan fingerprint density at radius 3 is 1.23 bits per heavy atom. The fourth-order valence-electron chi connectivity index (χ4n) is 0.823. The molecule has 13 heavy (non-hydrogen) atoms. The molecule has 0 amide bonds. The van der Waals surface area contributed by atoms with Crippen LogP contribution in [-0.2, 0) is 4.74 Å². The minimum Gasteiger partial charge on any atom is -0.361 e. The van der Waals surface area contributed by atoms with Gasteiger partial charge in [0.2, 0.25) is 0 Å². The Morgan fingerprint density at radius 1 is 0.846 bits per heavy atom. The lowest BCUT2D eigenvalue weighted by atomic mass is 10.1. The topological polar surface area (TPSA) is 9.23 Å². The Bertz CT molecular complexity index is 158. The van der Waals surface area contributed by atoms with Crippen LogP contribution in [0.5, 0.6) is 0 Å². The van der Waals surface area contributed by atoms with Gasteiger partial charge in [0, 0.05) is 8.41 Å². The maximum atomic E-state index is 12.2. The average Bonchev–Trinajstić information content (AvgIpc) is 1.52. The first-order valence-corrected chi connectivity index (χ1v) is 3.73. The fourth-order valence-corrected chi connectivity index (χ4v) is 0.823. The lowest BCUT2D eigenvalue weighted by molar-refractivity contribution is -0.289. The van der Waals surface area contributed by atoms with E-state index in [-0.39, 0.29) is 8.41 Å². The zero-order chi connectivity index (χ0) is 10.2. The minimum absolute atomic E-state index is 0. The second-order valence-electron chi connectivity index (χ2n) is 4.22. The zero-order valence-corrected chi connectivity index (χ0v) is 8.62. The molecular formula is C8H15BF3O. The van der Waals surface area contributed by atoms with Crippen molar-refractivity contribution in [3.63, 3.8) is 0 Å². The summed E-state index contributed by atoms with van der Waals surface area (Å²) in [6.07, 6.45) is -4.32. The molecule has 0 saturated heterocycles. The smallest absolute Gasteiger partial charge is 0.361 e. The largest absolute Gasteiger partial charge is 0.416 e. The summed E-state index contributed by atoms with van der Waals surface area (Å²) in [5, 5.41) is 0. The van der Waals surface area contributed by atoms with Crippen LogP contribution in [0.15, 0.2) is 0 Å². The summed E-state index contributed by atoms with van der Waals surface area (Å²) in [5.74, 6) is 0. The van der Waals surface area contributed by atoms with Crippen molar-refractivity contribution in [1.82, 2.24) is 0 Å². The maximum absolute atomic E-state index is 12.2. The quantitative estimate of drug-likeness (QED) is 0.584. The molecule has 0 aliphatic rings. The SMILES string of the molecule is CC(C)(C)OC(C)(C)C(F)(F)F.[B]. The van der Waals surface area contributed by atoms with E-state index in [2.05, 4.69) is 0 Å². The lowest BCUT2D eigenvalue weighted by Crippen LogP contribution is -2.46. The predicted molar refractivity (Wildman–Crippen MR) is 46.7 cm³/mol. The third-order valence-electron chi connectivity index (χ3n) is 1.24. The molecule has 1 nitrogen and oxygen atoms in total. The van der Waals surface area contributed by atoms with Crippen LogP contribution in [0.3, 0.4) is 0 Å². The van der Waals surface area contributed by atoms with E-state index in [1.165, 1.54) is 0 Å². The van der Waals surface area contributed by atoms with Gasteiger partial charge < -0.3 is 4.74 Å². The summed E-state index contributed by atoms with van der Waals surface area (Å²) in [5.41, 5.74) is -2.86. The van der Waals surface area contributed by atoms with Crippen LogP contribution in [0.25, 0.3) is 0 Å². The lowest BCUT2D eigenvalue weighted by Gasteiger charge is -2.35. The maximum Gasteiger partial charge on any atom is 0.416 e. The highest BCUT2D eigenvalue weighted by Crippen LogP contribution is 2.35. The van der Waals surface area contributed by atoms with Crippen molar-refractivity contribution < 1.29 is 17.9 Å². The number of hydrogen-bond acceptors (Lipinski definition) is 1. The molecule has 0 spiro atoms. The molecule has 5 heteroatoms. The number of halogens is 3. The standard InChI is InChI=1S/C8H15F3O.B/c1-6(2,3)12-7(4,5)8(9,10)11;/h1-5H3;. The summed E-state index contributed by atoms with van der Waals surface area (Å²) >= 11 is 0. The summed E-state index contributed by atoms with van der Waals surface area (Å²) in [6, 6.07) is 0. The summed E-state index contributed by atoms with van der Waals surface area (Å²) in [4.78, 5) is 0. The Hall–Kier alpha value is -0.185. The molecule has 0 aliphatic carbocycles. The Kier molecular flexibility index (Phi) is 4.59. The van der Waals surface area contributed by atoms with Crippen LogP contribution >= 0.6 is 0 Å². The molecule has 0 heterocycles. The molecule has 0 N–H and O–H groups in total. The number of rotatable bonds is 1. The van der Waals surface area contributed by atoms with E-state index in [4.69, 9.17) is 4.74 Å². The van der Waals surface area contributed by atoms with Crippen molar-refractivity contribution in [1.29, 1.82) is 0 Å². The van der Waals surface area contributed by atoms with Crippen molar-refractivity contribution in [2.75, 3.05) is 0 Å². The first kappa shape index (κ1) is 15.3. The molecule has 0 aromatic carbocycles. The van der Waals surface area contributed by atoms with E-state index in [1.54, 1.807) is 20.8 Å². The zero-order valence-electron chi connectivity index (χ0n) is 8.62. The van der Waals surface area contributed by atoms with E-state index < -0.39 is 17.4 Å². The Balaban J connectivity index is 0. The van der Waals surface area contributed by atoms with E-state index in [0.29, 0.717) is 0 Å². The van der Waals surface area contributed by atoms with Crippen LogP contribution < -0.4 is 0 Å². The molecular weight excluding hydrogens is 180 g/mol. The molecule has 0 aliphatic heterocycles. The number of hydrogen-bond donors (Lipinski definition) is 0. The first-order chi connectivity index (χ1) is 4.96. The highest BCUT2D eigenvalue weighted by Gasteiger charge is 2.50. The summed E-state index contributed by atoms with van der Waals surface area (Å²) in [7, 11) is 0. The molecule has 0 rings (SSSR count). The van der Waals surface area contributed by atoms with Gasteiger partial charge in [-0.25, -0.2) is 0 Å². The molecule has 0 saturated carbocycles. The van der Waals surface area contributed by atoms with Gasteiger partial charge >= 0.3 is 6.18 Å². The van der Waals surface area contributed by atoms with Gasteiger partial charge in [-0.05, 0) is 34.6 Å².